The third-order valence-electron chi connectivity index (χ3n) is 4.55. The van der Waals surface area contributed by atoms with Crippen LogP contribution in [0.25, 0.3) is 10.9 Å². The normalized spacial score (nSPS) is 17.9. The molecule has 0 saturated carbocycles. The van der Waals surface area contributed by atoms with E-state index in [1.807, 2.05) is 18.2 Å². The molecule has 1 unspecified atom stereocenters. The number of carbonyl (C=O) groups is 1. The van der Waals surface area contributed by atoms with Gasteiger partial charge < -0.3 is 9.88 Å². The molecule has 4 rings (SSSR count). The molecule has 3 heteroatoms. The van der Waals surface area contributed by atoms with Gasteiger partial charge in [-0.25, -0.2) is 0 Å². The van der Waals surface area contributed by atoms with E-state index in [0.29, 0.717) is 6.54 Å². The Bertz CT molecular complexity index is 863. The fraction of sp³-hybridized carbons (Fsp3) is 0.211. The van der Waals surface area contributed by atoms with Gasteiger partial charge in [0.25, 0.3) is 5.91 Å². The maximum absolute atomic E-state index is 12.2. The first-order valence-corrected chi connectivity index (χ1v) is 7.69. The smallest absolute Gasteiger partial charge is 0.251 e. The van der Waals surface area contributed by atoms with Crippen molar-refractivity contribution in [3.8, 4) is 0 Å². The second kappa shape index (κ2) is 5.02. The molecule has 3 nitrogen and oxygen atoms in total. The molecule has 22 heavy (non-hydrogen) atoms. The van der Waals surface area contributed by atoms with Crippen molar-refractivity contribution in [3.05, 3.63) is 71.4 Å². The molecule has 1 atom stereocenters. The zero-order valence-corrected chi connectivity index (χ0v) is 12.5. The molecule has 0 fully saturated rings. The summed E-state index contributed by atoms with van der Waals surface area (Å²) in [7, 11) is 0. The van der Waals surface area contributed by atoms with Gasteiger partial charge in [-0.2, -0.15) is 0 Å². The number of amides is 1. The predicted octanol–water partition coefficient (Wildman–Crippen LogP) is 3.67. The van der Waals surface area contributed by atoms with Crippen molar-refractivity contribution in [2.24, 2.45) is 0 Å². The van der Waals surface area contributed by atoms with E-state index in [1.54, 1.807) is 0 Å². The molecule has 0 aliphatic carbocycles. The lowest BCUT2D eigenvalue weighted by atomic mass is 9.98. The second-order valence-corrected chi connectivity index (χ2v) is 5.88. The van der Waals surface area contributed by atoms with Gasteiger partial charge in [-0.3, -0.25) is 4.79 Å². The highest BCUT2D eigenvalue weighted by Gasteiger charge is 2.24. The van der Waals surface area contributed by atoms with Gasteiger partial charge in [-0.1, -0.05) is 36.4 Å². The number of rotatable bonds is 1. The van der Waals surface area contributed by atoms with E-state index in [-0.39, 0.29) is 11.9 Å². The summed E-state index contributed by atoms with van der Waals surface area (Å²) >= 11 is 0. The first-order valence-electron chi connectivity index (χ1n) is 7.69. The van der Waals surface area contributed by atoms with Crippen LogP contribution >= 0.6 is 0 Å². The number of aryl methyl sites for hydroxylation is 1. The Balaban J connectivity index is 1.95. The third kappa shape index (κ3) is 1.93. The fourth-order valence-electron chi connectivity index (χ4n) is 3.52. The number of benzene rings is 2. The standard InChI is InChI=1S/C19H18N2O/c1-13-5-4-6-14-10-12-21(18(13)14)17-9-11-20-19(22)16-8-3-2-7-15(16)17/h2-8,10,12,17H,9,11H2,1H3,(H,20,22). The van der Waals surface area contributed by atoms with Crippen molar-refractivity contribution in [1.82, 2.24) is 9.88 Å². The summed E-state index contributed by atoms with van der Waals surface area (Å²) in [5.74, 6) is 0.0336. The lowest BCUT2D eigenvalue weighted by molar-refractivity contribution is 0.0956. The number of fused-ring (bicyclic) bond motifs is 2. The van der Waals surface area contributed by atoms with Crippen molar-refractivity contribution in [1.29, 1.82) is 0 Å². The minimum atomic E-state index is 0.0336. The van der Waals surface area contributed by atoms with Gasteiger partial charge in [0.2, 0.25) is 0 Å². The Labute approximate surface area is 129 Å². The molecule has 1 amide bonds. The summed E-state index contributed by atoms with van der Waals surface area (Å²) in [5, 5.41) is 4.25. The van der Waals surface area contributed by atoms with E-state index in [2.05, 4.69) is 53.3 Å². The number of carbonyl (C=O) groups excluding carboxylic acids is 1. The van der Waals surface area contributed by atoms with Gasteiger partial charge in [0.1, 0.15) is 0 Å². The zero-order valence-electron chi connectivity index (χ0n) is 12.5. The highest BCUT2D eigenvalue weighted by Crippen LogP contribution is 2.32. The van der Waals surface area contributed by atoms with Crippen LogP contribution in [0.2, 0.25) is 0 Å². The molecular weight excluding hydrogens is 272 g/mol. The van der Waals surface area contributed by atoms with E-state index in [4.69, 9.17) is 0 Å². The average molecular weight is 290 g/mol. The van der Waals surface area contributed by atoms with Crippen LogP contribution in [-0.2, 0) is 0 Å². The highest BCUT2D eigenvalue weighted by atomic mass is 16.1. The quantitative estimate of drug-likeness (QED) is 0.729. The van der Waals surface area contributed by atoms with E-state index in [9.17, 15) is 4.79 Å². The summed E-state index contributed by atoms with van der Waals surface area (Å²) in [6.45, 7) is 2.84. The van der Waals surface area contributed by atoms with Crippen molar-refractivity contribution in [3.63, 3.8) is 0 Å². The predicted molar refractivity (Wildman–Crippen MR) is 88.2 cm³/mol. The molecule has 0 spiro atoms. The highest BCUT2D eigenvalue weighted by molar-refractivity contribution is 5.96. The van der Waals surface area contributed by atoms with E-state index in [0.717, 1.165) is 17.5 Å². The molecular formula is C19H18N2O. The monoisotopic (exact) mass is 290 g/mol. The molecule has 110 valence electrons. The fourth-order valence-corrected chi connectivity index (χ4v) is 3.52. The number of nitrogens with zero attached hydrogens (tertiary/aromatic N) is 1. The Morgan fingerprint density at radius 1 is 1.09 bits per heavy atom. The number of para-hydroxylation sites is 1. The van der Waals surface area contributed by atoms with Crippen LogP contribution < -0.4 is 5.32 Å². The second-order valence-electron chi connectivity index (χ2n) is 5.88. The van der Waals surface area contributed by atoms with Crippen LogP contribution in [0.4, 0.5) is 0 Å². The van der Waals surface area contributed by atoms with E-state index < -0.39 is 0 Å². The Morgan fingerprint density at radius 3 is 2.86 bits per heavy atom. The van der Waals surface area contributed by atoms with Crippen LogP contribution in [0, 0.1) is 6.92 Å². The van der Waals surface area contributed by atoms with Crippen LogP contribution in [0.15, 0.2) is 54.7 Å². The first-order chi connectivity index (χ1) is 10.8. The van der Waals surface area contributed by atoms with E-state index in [1.165, 1.54) is 16.5 Å². The molecule has 0 bridgehead atoms. The summed E-state index contributed by atoms with van der Waals surface area (Å²) in [5.41, 5.74) is 4.43. The third-order valence-corrected chi connectivity index (χ3v) is 4.55. The molecule has 0 saturated heterocycles. The van der Waals surface area contributed by atoms with Gasteiger partial charge in [-0.05, 0) is 42.0 Å². The van der Waals surface area contributed by atoms with Crippen LogP contribution in [0.1, 0.15) is 33.9 Å². The largest absolute Gasteiger partial charge is 0.352 e. The Hall–Kier alpha value is -2.55. The van der Waals surface area contributed by atoms with E-state index >= 15 is 0 Å². The lowest BCUT2D eigenvalue weighted by Crippen LogP contribution is -2.22. The SMILES string of the molecule is Cc1cccc2ccn(C3CCNC(=O)c4ccccc43)c12. The minimum absolute atomic E-state index is 0.0336. The molecule has 2 aromatic carbocycles. The van der Waals surface area contributed by atoms with Gasteiger partial charge in [0.15, 0.2) is 0 Å². The van der Waals surface area contributed by atoms with Crippen LogP contribution in [0.3, 0.4) is 0 Å². The van der Waals surface area contributed by atoms with Gasteiger partial charge in [0.05, 0.1) is 11.6 Å². The van der Waals surface area contributed by atoms with Gasteiger partial charge in [0, 0.05) is 18.3 Å². The summed E-state index contributed by atoms with van der Waals surface area (Å²) in [4.78, 5) is 12.2. The Kier molecular flexibility index (Phi) is 3.00. The van der Waals surface area contributed by atoms with Crippen molar-refractivity contribution >= 4 is 16.8 Å². The number of hydrogen-bond donors (Lipinski definition) is 1. The number of nitrogens with one attached hydrogen (secondary N) is 1. The molecule has 1 N–H and O–H groups in total. The Morgan fingerprint density at radius 2 is 1.95 bits per heavy atom. The van der Waals surface area contributed by atoms with Crippen LogP contribution in [0.5, 0.6) is 0 Å². The molecule has 1 aliphatic heterocycles. The van der Waals surface area contributed by atoms with Gasteiger partial charge >= 0.3 is 0 Å². The molecule has 3 aromatic rings. The number of hydrogen-bond acceptors (Lipinski definition) is 1. The van der Waals surface area contributed by atoms with Crippen LogP contribution in [-0.4, -0.2) is 17.0 Å². The molecule has 1 aliphatic rings. The van der Waals surface area contributed by atoms with Gasteiger partial charge in [-0.15, -0.1) is 0 Å². The summed E-state index contributed by atoms with van der Waals surface area (Å²) in [6.07, 6.45) is 3.05. The number of aromatic nitrogens is 1. The topological polar surface area (TPSA) is 34.0 Å². The minimum Gasteiger partial charge on any atom is -0.352 e. The maximum Gasteiger partial charge on any atom is 0.251 e. The maximum atomic E-state index is 12.2. The molecule has 2 heterocycles. The first kappa shape index (κ1) is 13.1. The van der Waals surface area contributed by atoms with Crippen molar-refractivity contribution in [2.45, 2.75) is 19.4 Å². The lowest BCUT2D eigenvalue weighted by Gasteiger charge is -2.21. The van der Waals surface area contributed by atoms with Crippen molar-refractivity contribution < 1.29 is 4.79 Å². The molecule has 1 aromatic heterocycles. The summed E-state index contributed by atoms with van der Waals surface area (Å²) < 4.78 is 2.32. The zero-order chi connectivity index (χ0) is 15.1. The summed E-state index contributed by atoms with van der Waals surface area (Å²) in [6, 6.07) is 16.7. The average Bonchev–Trinajstić information content (AvgIpc) is 2.89. The molecule has 0 radical (unpaired) electrons. The van der Waals surface area contributed by atoms with Crippen molar-refractivity contribution in [2.75, 3.05) is 6.54 Å².